The van der Waals surface area contributed by atoms with E-state index in [1.165, 1.54) is 0 Å². The van der Waals surface area contributed by atoms with Gasteiger partial charge in [-0.15, -0.1) is 0 Å². The minimum Gasteiger partial charge on any atom is -0.320 e. The summed E-state index contributed by atoms with van der Waals surface area (Å²) < 4.78 is 23.2. The minimum absolute atomic E-state index is 0.152. The molecule has 1 aliphatic heterocycles. The molecule has 3 aromatic rings. The van der Waals surface area contributed by atoms with Gasteiger partial charge in [0.05, 0.1) is 17.2 Å². The summed E-state index contributed by atoms with van der Waals surface area (Å²) in [5.74, 6) is 0.00661. The number of nitrogens with zero attached hydrogens (tertiary/aromatic N) is 3. The molecule has 0 spiro atoms. The second-order valence-corrected chi connectivity index (χ2v) is 9.60. The molecule has 162 valence electrons. The van der Waals surface area contributed by atoms with E-state index in [4.69, 9.17) is 0 Å². The van der Waals surface area contributed by atoms with E-state index in [0.717, 1.165) is 17.7 Å². The van der Waals surface area contributed by atoms with Crippen molar-refractivity contribution in [1.29, 1.82) is 0 Å². The lowest BCUT2D eigenvalue weighted by Crippen LogP contribution is -2.43. The first kappa shape index (κ1) is 21.0. The molecule has 0 radical (unpaired) electrons. The molecule has 3 N–H and O–H groups in total. The van der Waals surface area contributed by atoms with E-state index < -0.39 is 9.84 Å². The Bertz CT molecular complexity index is 1160. The van der Waals surface area contributed by atoms with Crippen LogP contribution in [-0.4, -0.2) is 59.1 Å². The number of carbonyl (C=O) groups is 1. The Hall–Kier alpha value is -3.24. The van der Waals surface area contributed by atoms with Crippen LogP contribution in [0, 0.1) is 0 Å². The molecule has 1 fully saturated rings. The van der Waals surface area contributed by atoms with Gasteiger partial charge in [-0.3, -0.25) is 9.89 Å². The quantitative estimate of drug-likeness (QED) is 0.538. The molecule has 31 heavy (non-hydrogen) atoms. The number of rotatable bonds is 6. The van der Waals surface area contributed by atoms with Crippen LogP contribution in [0.15, 0.2) is 48.7 Å². The van der Waals surface area contributed by atoms with Gasteiger partial charge in [0.25, 0.3) is 5.91 Å². The number of anilines is 2. The highest BCUT2D eigenvalue weighted by atomic mass is 32.2. The van der Waals surface area contributed by atoms with Crippen LogP contribution in [0.25, 0.3) is 11.4 Å². The molecule has 9 nitrogen and oxygen atoms in total. The molecular formula is C21H24N6O3S. The summed E-state index contributed by atoms with van der Waals surface area (Å²) in [5, 5.41) is 11.7. The van der Waals surface area contributed by atoms with Crippen LogP contribution in [0.3, 0.4) is 0 Å². The van der Waals surface area contributed by atoms with E-state index in [-0.39, 0.29) is 17.4 Å². The Morgan fingerprint density at radius 1 is 1.13 bits per heavy atom. The second kappa shape index (κ2) is 8.86. The first-order valence-electron chi connectivity index (χ1n) is 10.1. The number of carbonyl (C=O) groups excluding carboxylic acids is 1. The number of nitrogens with one attached hydrogen (secondary N) is 3. The van der Waals surface area contributed by atoms with Crippen molar-refractivity contribution < 1.29 is 13.2 Å². The Morgan fingerprint density at radius 2 is 1.94 bits per heavy atom. The topological polar surface area (TPSA) is 120 Å². The largest absolute Gasteiger partial charge is 0.320 e. The average molecular weight is 441 g/mol. The van der Waals surface area contributed by atoms with Gasteiger partial charge in [0.2, 0.25) is 0 Å². The van der Waals surface area contributed by atoms with E-state index in [1.807, 2.05) is 30.1 Å². The maximum Gasteiger partial charge on any atom is 0.274 e. The predicted molar refractivity (Wildman–Crippen MR) is 119 cm³/mol. The SMILES string of the molecule is CCc1cc(NN2CCS(=O)(=O)CC2)ccc1NC(=O)c1cccc(-c2cc[nH]n2)n1. The molecule has 3 heterocycles. The maximum atomic E-state index is 12.8. The van der Waals surface area contributed by atoms with Crippen molar-refractivity contribution in [1.82, 2.24) is 20.2 Å². The number of sulfone groups is 1. The van der Waals surface area contributed by atoms with Gasteiger partial charge in [0, 0.05) is 30.7 Å². The zero-order valence-electron chi connectivity index (χ0n) is 17.1. The van der Waals surface area contributed by atoms with Gasteiger partial charge in [0.1, 0.15) is 11.4 Å². The number of hydrogen-bond acceptors (Lipinski definition) is 7. The lowest BCUT2D eigenvalue weighted by molar-refractivity contribution is 0.102. The molecule has 0 unspecified atom stereocenters. The van der Waals surface area contributed by atoms with Crippen molar-refractivity contribution in [3.8, 4) is 11.4 Å². The van der Waals surface area contributed by atoms with E-state index in [9.17, 15) is 13.2 Å². The summed E-state index contributed by atoms with van der Waals surface area (Å²) in [6.45, 7) is 2.90. The molecule has 1 aromatic carbocycles. The number of hydrogen-bond donors (Lipinski definition) is 3. The number of H-pyrrole nitrogens is 1. The van der Waals surface area contributed by atoms with Crippen LogP contribution < -0.4 is 10.7 Å². The third-order valence-corrected chi connectivity index (χ3v) is 6.72. The highest BCUT2D eigenvalue weighted by Crippen LogP contribution is 2.23. The number of aryl methyl sites for hydroxylation is 1. The van der Waals surface area contributed by atoms with E-state index >= 15 is 0 Å². The Labute approximate surface area is 180 Å². The van der Waals surface area contributed by atoms with Gasteiger partial charge >= 0.3 is 0 Å². The Balaban J connectivity index is 1.46. The Kier molecular flexibility index (Phi) is 6.01. The van der Waals surface area contributed by atoms with Crippen molar-refractivity contribution >= 4 is 27.1 Å². The van der Waals surface area contributed by atoms with E-state index in [0.29, 0.717) is 35.9 Å². The first-order valence-corrected chi connectivity index (χ1v) is 11.9. The van der Waals surface area contributed by atoms with E-state index in [1.54, 1.807) is 30.5 Å². The number of aromatic amines is 1. The molecule has 0 saturated carbocycles. The fraction of sp³-hybridized carbons (Fsp3) is 0.286. The van der Waals surface area contributed by atoms with Crippen molar-refractivity contribution in [2.45, 2.75) is 13.3 Å². The zero-order chi connectivity index (χ0) is 21.8. The van der Waals surface area contributed by atoms with Crippen LogP contribution >= 0.6 is 0 Å². The maximum absolute atomic E-state index is 12.8. The first-order chi connectivity index (χ1) is 14.9. The standard InChI is InChI=1S/C21H24N6O3S/c1-2-15-14-16(26-27-10-12-31(29,30)13-11-27)6-7-17(15)24-21(28)20-5-3-4-18(23-20)19-8-9-22-25-19/h3-9,14,26H,2,10-13H2,1H3,(H,22,25)(H,24,28). The summed E-state index contributed by atoms with van der Waals surface area (Å²) in [6.07, 6.45) is 2.43. The van der Waals surface area contributed by atoms with Gasteiger partial charge in [-0.2, -0.15) is 5.10 Å². The lowest BCUT2D eigenvalue weighted by Gasteiger charge is -2.28. The van der Waals surface area contributed by atoms with Gasteiger partial charge in [0.15, 0.2) is 9.84 Å². The summed E-state index contributed by atoms with van der Waals surface area (Å²) in [4.78, 5) is 17.2. The molecular weight excluding hydrogens is 416 g/mol. The summed E-state index contributed by atoms with van der Waals surface area (Å²) in [6, 6.07) is 12.7. The molecule has 2 aromatic heterocycles. The summed E-state index contributed by atoms with van der Waals surface area (Å²) >= 11 is 0. The highest BCUT2D eigenvalue weighted by Gasteiger charge is 2.21. The summed E-state index contributed by atoms with van der Waals surface area (Å²) in [5.41, 5.74) is 7.39. The van der Waals surface area contributed by atoms with Crippen LogP contribution in [0.1, 0.15) is 23.0 Å². The molecule has 1 saturated heterocycles. The molecule has 0 bridgehead atoms. The van der Waals surface area contributed by atoms with Gasteiger partial charge in [-0.1, -0.05) is 13.0 Å². The fourth-order valence-electron chi connectivity index (χ4n) is 3.38. The van der Waals surface area contributed by atoms with Crippen LogP contribution in [-0.2, 0) is 16.3 Å². The molecule has 0 aliphatic carbocycles. The van der Waals surface area contributed by atoms with E-state index in [2.05, 4.69) is 25.9 Å². The summed E-state index contributed by atoms with van der Waals surface area (Å²) in [7, 11) is -2.93. The van der Waals surface area contributed by atoms with Gasteiger partial charge in [-0.05, 0) is 48.4 Å². The van der Waals surface area contributed by atoms with Crippen molar-refractivity contribution in [2.24, 2.45) is 0 Å². The number of benzene rings is 1. The second-order valence-electron chi connectivity index (χ2n) is 7.30. The Morgan fingerprint density at radius 3 is 2.65 bits per heavy atom. The van der Waals surface area contributed by atoms with Crippen LogP contribution in [0.2, 0.25) is 0 Å². The molecule has 10 heteroatoms. The number of pyridine rings is 1. The van der Waals surface area contributed by atoms with Crippen molar-refractivity contribution in [3.05, 3.63) is 59.9 Å². The molecule has 1 aliphatic rings. The number of amides is 1. The number of hydrazine groups is 1. The van der Waals surface area contributed by atoms with Crippen molar-refractivity contribution in [3.63, 3.8) is 0 Å². The van der Waals surface area contributed by atoms with Crippen LogP contribution in [0.5, 0.6) is 0 Å². The van der Waals surface area contributed by atoms with Crippen molar-refractivity contribution in [2.75, 3.05) is 35.3 Å². The molecule has 0 atom stereocenters. The monoisotopic (exact) mass is 440 g/mol. The van der Waals surface area contributed by atoms with Gasteiger partial charge in [-0.25, -0.2) is 18.4 Å². The lowest BCUT2D eigenvalue weighted by atomic mass is 10.1. The smallest absolute Gasteiger partial charge is 0.274 e. The highest BCUT2D eigenvalue weighted by molar-refractivity contribution is 7.91. The minimum atomic E-state index is -2.93. The van der Waals surface area contributed by atoms with Crippen LogP contribution in [0.4, 0.5) is 11.4 Å². The van der Waals surface area contributed by atoms with Gasteiger partial charge < -0.3 is 10.7 Å². The zero-order valence-corrected chi connectivity index (χ0v) is 17.9. The normalized spacial score (nSPS) is 16.0. The predicted octanol–water partition coefficient (Wildman–Crippen LogP) is 2.34. The molecule has 1 amide bonds. The third kappa shape index (κ3) is 5.09. The fourth-order valence-corrected chi connectivity index (χ4v) is 4.58. The average Bonchev–Trinajstić information content (AvgIpc) is 3.31. The number of aromatic nitrogens is 3. The molecule has 4 rings (SSSR count). The third-order valence-electron chi connectivity index (χ3n) is 5.11.